The standard InChI is InChI=1S/C32H62O2Si2/c1-22(33-35(9,10)30(2,3)4)28-17-18-29-27-15-13-23-21-24(34-36(11,12)31(5,6)7)14-16-25(23)26(27)19-20-32(28,29)8/h22-29H,13-21H2,1-12H3/t22-,23-,24-,25?,26?,27?,28+,29?,32+/m0/s1. The third-order valence-electron chi connectivity index (χ3n) is 13.1. The summed E-state index contributed by atoms with van der Waals surface area (Å²) < 4.78 is 14.0. The Kier molecular flexibility index (Phi) is 7.96. The molecule has 210 valence electrons. The molecule has 4 heteroatoms. The zero-order valence-corrected chi connectivity index (χ0v) is 28.3. The Balaban J connectivity index is 1.41. The molecule has 0 saturated heterocycles. The Morgan fingerprint density at radius 1 is 0.722 bits per heavy atom. The summed E-state index contributed by atoms with van der Waals surface area (Å²) in [6.07, 6.45) is 13.8. The molecule has 4 unspecified atom stereocenters. The second-order valence-electron chi connectivity index (χ2n) is 17.1. The van der Waals surface area contributed by atoms with E-state index in [0.29, 0.717) is 27.7 Å². The minimum absolute atomic E-state index is 0.295. The van der Waals surface area contributed by atoms with Gasteiger partial charge in [0.25, 0.3) is 0 Å². The van der Waals surface area contributed by atoms with E-state index in [2.05, 4.69) is 81.6 Å². The first-order valence-electron chi connectivity index (χ1n) is 15.7. The molecule has 36 heavy (non-hydrogen) atoms. The molecule has 0 N–H and O–H groups in total. The number of hydrogen-bond donors (Lipinski definition) is 0. The second-order valence-corrected chi connectivity index (χ2v) is 26.6. The number of fused-ring (bicyclic) bond motifs is 5. The van der Waals surface area contributed by atoms with Crippen LogP contribution in [0.5, 0.6) is 0 Å². The maximum Gasteiger partial charge on any atom is 0.192 e. The van der Waals surface area contributed by atoms with Crippen LogP contribution in [0.25, 0.3) is 0 Å². The van der Waals surface area contributed by atoms with Gasteiger partial charge < -0.3 is 8.85 Å². The molecule has 9 atom stereocenters. The lowest BCUT2D eigenvalue weighted by Crippen LogP contribution is -2.52. The predicted octanol–water partition coefficient (Wildman–Crippen LogP) is 10.1. The maximum atomic E-state index is 7.03. The minimum atomic E-state index is -1.73. The van der Waals surface area contributed by atoms with Crippen LogP contribution in [0.3, 0.4) is 0 Å². The molecule has 0 aromatic carbocycles. The van der Waals surface area contributed by atoms with E-state index in [9.17, 15) is 0 Å². The quantitative estimate of drug-likeness (QED) is 0.327. The molecule has 2 nitrogen and oxygen atoms in total. The van der Waals surface area contributed by atoms with E-state index in [1.807, 2.05) is 0 Å². The first kappa shape index (κ1) is 29.3. The van der Waals surface area contributed by atoms with E-state index in [4.69, 9.17) is 8.85 Å². The van der Waals surface area contributed by atoms with Crippen LogP contribution < -0.4 is 0 Å². The molecule has 0 amide bonds. The molecule has 0 aliphatic heterocycles. The van der Waals surface area contributed by atoms with Crippen LogP contribution in [-0.2, 0) is 8.85 Å². The van der Waals surface area contributed by atoms with Gasteiger partial charge in [0.05, 0.1) is 0 Å². The van der Waals surface area contributed by atoms with Crippen molar-refractivity contribution >= 4 is 16.6 Å². The van der Waals surface area contributed by atoms with Gasteiger partial charge in [-0.25, -0.2) is 0 Å². The van der Waals surface area contributed by atoms with Gasteiger partial charge in [-0.2, -0.15) is 0 Å². The van der Waals surface area contributed by atoms with Gasteiger partial charge >= 0.3 is 0 Å². The van der Waals surface area contributed by atoms with E-state index in [0.717, 1.165) is 35.5 Å². The highest BCUT2D eigenvalue weighted by atomic mass is 28.4. The highest BCUT2D eigenvalue weighted by Crippen LogP contribution is 2.65. The van der Waals surface area contributed by atoms with Gasteiger partial charge in [0.15, 0.2) is 16.6 Å². The van der Waals surface area contributed by atoms with Crippen LogP contribution in [0.15, 0.2) is 0 Å². The summed E-state index contributed by atoms with van der Waals surface area (Å²) in [4.78, 5) is 0. The fourth-order valence-electron chi connectivity index (χ4n) is 9.05. The topological polar surface area (TPSA) is 18.5 Å². The lowest BCUT2D eigenvalue weighted by atomic mass is 9.49. The second kappa shape index (κ2) is 9.77. The first-order valence-corrected chi connectivity index (χ1v) is 21.5. The van der Waals surface area contributed by atoms with E-state index in [1.54, 1.807) is 0 Å². The summed E-state index contributed by atoms with van der Waals surface area (Å²) in [5, 5.41) is 0.614. The molecule has 4 saturated carbocycles. The average Bonchev–Trinajstić information content (AvgIpc) is 3.08. The smallest absolute Gasteiger partial charge is 0.192 e. The van der Waals surface area contributed by atoms with Crippen molar-refractivity contribution in [1.82, 2.24) is 0 Å². The van der Waals surface area contributed by atoms with E-state index >= 15 is 0 Å². The van der Waals surface area contributed by atoms with E-state index in [1.165, 1.54) is 57.8 Å². The Morgan fingerprint density at radius 2 is 1.33 bits per heavy atom. The molecule has 0 aromatic rings. The zero-order chi connectivity index (χ0) is 26.9. The highest BCUT2D eigenvalue weighted by molar-refractivity contribution is 6.74. The van der Waals surface area contributed by atoms with Gasteiger partial charge in [0.1, 0.15) is 0 Å². The zero-order valence-electron chi connectivity index (χ0n) is 26.3. The molecular weight excluding hydrogens is 473 g/mol. The summed E-state index contributed by atoms with van der Waals surface area (Å²) in [6.45, 7) is 29.3. The van der Waals surface area contributed by atoms with Gasteiger partial charge in [-0.15, -0.1) is 0 Å². The summed E-state index contributed by atoms with van der Waals surface area (Å²) in [5.41, 5.74) is 0.498. The van der Waals surface area contributed by atoms with Crippen LogP contribution in [0.1, 0.15) is 113 Å². The van der Waals surface area contributed by atoms with Crippen LogP contribution in [0, 0.1) is 40.9 Å². The Labute approximate surface area is 227 Å². The van der Waals surface area contributed by atoms with Gasteiger partial charge in [-0.05, 0) is 142 Å². The van der Waals surface area contributed by atoms with Crippen molar-refractivity contribution in [2.24, 2.45) is 40.9 Å². The van der Waals surface area contributed by atoms with Crippen LogP contribution in [0.4, 0.5) is 0 Å². The van der Waals surface area contributed by atoms with Crippen molar-refractivity contribution in [2.75, 3.05) is 0 Å². The van der Waals surface area contributed by atoms with Crippen molar-refractivity contribution < 1.29 is 8.85 Å². The van der Waals surface area contributed by atoms with Crippen LogP contribution >= 0.6 is 0 Å². The lowest BCUT2D eigenvalue weighted by Gasteiger charge is -2.57. The van der Waals surface area contributed by atoms with Gasteiger partial charge in [0.2, 0.25) is 0 Å². The molecule has 4 aliphatic rings. The van der Waals surface area contributed by atoms with Gasteiger partial charge in [0, 0.05) is 12.2 Å². The molecule has 0 bridgehead atoms. The molecular formula is C32H62O2Si2. The largest absolute Gasteiger partial charge is 0.414 e. The molecule has 0 aromatic heterocycles. The van der Waals surface area contributed by atoms with Crippen molar-refractivity contribution in [1.29, 1.82) is 0 Å². The van der Waals surface area contributed by atoms with Crippen molar-refractivity contribution in [3.8, 4) is 0 Å². The predicted molar refractivity (Wildman–Crippen MR) is 160 cm³/mol. The summed E-state index contributed by atoms with van der Waals surface area (Å²) in [6, 6.07) is 0. The van der Waals surface area contributed by atoms with Crippen molar-refractivity contribution in [2.45, 2.75) is 162 Å². The Hall–Kier alpha value is 0.354. The van der Waals surface area contributed by atoms with E-state index < -0.39 is 16.6 Å². The van der Waals surface area contributed by atoms with E-state index in [-0.39, 0.29) is 0 Å². The third-order valence-corrected chi connectivity index (χ3v) is 22.2. The van der Waals surface area contributed by atoms with Gasteiger partial charge in [-0.3, -0.25) is 0 Å². The van der Waals surface area contributed by atoms with Crippen LogP contribution in [0.2, 0.25) is 36.3 Å². The molecule has 4 fully saturated rings. The fourth-order valence-corrected chi connectivity index (χ4v) is 11.9. The Bertz CT molecular complexity index is 778. The summed E-state index contributed by atoms with van der Waals surface area (Å²) in [7, 11) is -3.40. The normalized spacial score (nSPS) is 40.8. The minimum Gasteiger partial charge on any atom is -0.414 e. The Morgan fingerprint density at radius 3 is 1.94 bits per heavy atom. The third kappa shape index (κ3) is 5.25. The first-order chi connectivity index (χ1) is 16.4. The highest BCUT2D eigenvalue weighted by Gasteiger charge is 2.58. The monoisotopic (exact) mass is 534 g/mol. The molecule has 4 rings (SSSR count). The summed E-state index contributed by atoms with van der Waals surface area (Å²) >= 11 is 0. The maximum absolute atomic E-state index is 7.03. The fraction of sp³-hybridized carbons (Fsp3) is 1.00. The molecule has 0 spiro atoms. The molecule has 0 heterocycles. The number of hydrogen-bond acceptors (Lipinski definition) is 2. The van der Waals surface area contributed by atoms with Crippen molar-refractivity contribution in [3.05, 3.63) is 0 Å². The molecule has 4 aliphatic carbocycles. The van der Waals surface area contributed by atoms with Crippen molar-refractivity contribution in [3.63, 3.8) is 0 Å². The van der Waals surface area contributed by atoms with Gasteiger partial charge in [-0.1, -0.05) is 48.5 Å². The number of rotatable bonds is 5. The van der Waals surface area contributed by atoms with Crippen LogP contribution in [-0.4, -0.2) is 28.8 Å². The summed E-state index contributed by atoms with van der Waals surface area (Å²) in [5.74, 6) is 5.57. The average molecular weight is 535 g/mol. The molecule has 0 radical (unpaired) electrons. The SMILES string of the molecule is C[C@H](O[Si](C)(C)C(C)(C)C)[C@H]1CCC2C3CC[C@H]4C[C@@H](O[Si](C)(C)C(C)(C)C)CCC4C3CC[C@@]21C. The lowest BCUT2D eigenvalue weighted by molar-refractivity contribution is -0.0862.